The van der Waals surface area contributed by atoms with E-state index in [1.54, 1.807) is 0 Å². The van der Waals surface area contributed by atoms with Gasteiger partial charge in [-0.25, -0.2) is 24.1 Å². The summed E-state index contributed by atoms with van der Waals surface area (Å²) in [6.07, 6.45) is 4.96. The van der Waals surface area contributed by atoms with E-state index in [0.29, 0.717) is 33.9 Å². The van der Waals surface area contributed by atoms with Crippen molar-refractivity contribution in [3.63, 3.8) is 0 Å². The number of aliphatic hydroxyl groups excluding tert-OH is 1. The number of fused-ring (bicyclic) bond motifs is 3. The Morgan fingerprint density at radius 2 is 2.08 bits per heavy atom. The topological polar surface area (TPSA) is 141 Å². The lowest BCUT2D eigenvalue weighted by molar-refractivity contribution is -0.0205. The first-order valence-corrected chi connectivity index (χ1v) is 14.0. The SMILES string of the molecule is CC(C)n1c(N2CC3C[C@H]2CO3)nc2c(F)cc(-c3nc(N)ncc3Cl)cc21.CNC(=O)OC1CCCCC1O. The molecule has 2 aliphatic heterocycles. The number of morpholine rings is 1. The minimum absolute atomic E-state index is 0.0889. The van der Waals surface area contributed by atoms with Gasteiger partial charge in [0.15, 0.2) is 5.82 Å². The van der Waals surface area contributed by atoms with Crippen LogP contribution in [0.15, 0.2) is 18.3 Å². The van der Waals surface area contributed by atoms with Crippen LogP contribution in [-0.2, 0) is 9.47 Å². The maximum atomic E-state index is 15.1. The number of alkyl carbamates (subject to hydrolysis) is 1. The van der Waals surface area contributed by atoms with Gasteiger partial charge in [-0.1, -0.05) is 18.0 Å². The molecule has 3 aliphatic rings. The van der Waals surface area contributed by atoms with E-state index in [1.165, 1.54) is 19.3 Å². The predicted octanol–water partition coefficient (Wildman–Crippen LogP) is 4.07. The van der Waals surface area contributed by atoms with Crippen LogP contribution in [0.2, 0.25) is 5.02 Å². The molecular formula is C27H35ClFN7O4. The van der Waals surface area contributed by atoms with Crippen LogP contribution in [0.5, 0.6) is 0 Å². The Kier molecular flexibility index (Phi) is 8.29. The summed E-state index contributed by atoms with van der Waals surface area (Å²) < 4.78 is 27.8. The normalized spacial score (nSPS) is 23.8. The van der Waals surface area contributed by atoms with Gasteiger partial charge in [0, 0.05) is 25.2 Å². The number of nitrogens with one attached hydrogen (secondary N) is 1. The number of aliphatic hydroxyl groups is 1. The van der Waals surface area contributed by atoms with Crippen LogP contribution in [0.4, 0.5) is 21.1 Å². The van der Waals surface area contributed by atoms with E-state index in [2.05, 4.69) is 43.6 Å². The van der Waals surface area contributed by atoms with Crippen molar-refractivity contribution in [2.24, 2.45) is 0 Å². The number of anilines is 2. The highest BCUT2D eigenvalue weighted by Gasteiger charge is 2.41. The zero-order valence-corrected chi connectivity index (χ0v) is 23.6. The molecule has 4 N–H and O–H groups in total. The van der Waals surface area contributed by atoms with Crippen molar-refractivity contribution in [1.29, 1.82) is 0 Å². The van der Waals surface area contributed by atoms with Crippen LogP contribution < -0.4 is 16.0 Å². The van der Waals surface area contributed by atoms with Crippen molar-refractivity contribution in [2.75, 3.05) is 30.8 Å². The highest BCUT2D eigenvalue weighted by molar-refractivity contribution is 6.33. The lowest BCUT2D eigenvalue weighted by atomic mass is 9.95. The Labute approximate surface area is 236 Å². The molecule has 2 bridgehead atoms. The van der Waals surface area contributed by atoms with Crippen molar-refractivity contribution in [3.8, 4) is 11.3 Å². The van der Waals surface area contributed by atoms with Crippen LogP contribution in [0.25, 0.3) is 22.3 Å². The Morgan fingerprint density at radius 3 is 2.73 bits per heavy atom. The van der Waals surface area contributed by atoms with Crippen LogP contribution in [0.1, 0.15) is 52.0 Å². The molecule has 40 heavy (non-hydrogen) atoms. The fraction of sp³-hybridized carbons (Fsp3) is 0.556. The number of amides is 1. The van der Waals surface area contributed by atoms with Gasteiger partial charge in [-0.3, -0.25) is 0 Å². The molecule has 13 heteroatoms. The van der Waals surface area contributed by atoms with Crippen LogP contribution >= 0.6 is 11.6 Å². The molecule has 1 aliphatic carbocycles. The third-order valence-electron chi connectivity index (χ3n) is 7.57. The molecule has 3 unspecified atom stereocenters. The Hall–Kier alpha value is -3.22. The summed E-state index contributed by atoms with van der Waals surface area (Å²) in [6, 6.07) is 3.66. The number of imidazole rings is 1. The van der Waals surface area contributed by atoms with Gasteiger partial charge in [0.25, 0.3) is 0 Å². The van der Waals surface area contributed by atoms with E-state index in [-0.39, 0.29) is 30.2 Å². The molecule has 2 saturated heterocycles. The standard InChI is InChI=1S/C19H20ClFN6O.C8H15NO3/c1-9(2)27-15-4-10(16-13(20)6-23-18(22)24-16)3-14(21)17(15)25-19(27)26-7-12-5-11(26)8-28-12;1-9-8(11)12-7-5-3-2-4-6(7)10/h3-4,6,9,11-12H,5,7-8H2,1-2H3,(H2,22,23,24);6-7,10H,2-5H2,1H3,(H,9,11)/t11-,12?;/m0./s1. The predicted molar refractivity (Wildman–Crippen MR) is 150 cm³/mol. The highest BCUT2D eigenvalue weighted by atomic mass is 35.5. The second kappa shape index (κ2) is 11.7. The number of carbonyl (C=O) groups excluding carboxylic acids is 1. The maximum absolute atomic E-state index is 15.1. The van der Waals surface area contributed by atoms with Crippen LogP contribution in [0, 0.1) is 5.82 Å². The van der Waals surface area contributed by atoms with E-state index in [1.807, 2.05) is 6.07 Å². The lowest BCUT2D eigenvalue weighted by Gasteiger charge is -2.29. The fourth-order valence-electron chi connectivity index (χ4n) is 5.63. The van der Waals surface area contributed by atoms with E-state index in [4.69, 9.17) is 26.8 Å². The molecule has 0 spiro atoms. The minimum Gasteiger partial charge on any atom is -0.443 e. The number of nitrogen functional groups attached to an aromatic ring is 1. The van der Waals surface area contributed by atoms with Crippen molar-refractivity contribution in [1.82, 2.24) is 24.8 Å². The fourth-order valence-corrected chi connectivity index (χ4v) is 5.83. The first-order valence-electron chi connectivity index (χ1n) is 13.6. The van der Waals surface area contributed by atoms with Gasteiger partial charge in [0.05, 0.1) is 47.3 Å². The summed E-state index contributed by atoms with van der Waals surface area (Å²) in [5.74, 6) is 0.457. The van der Waals surface area contributed by atoms with Gasteiger partial charge < -0.3 is 35.1 Å². The van der Waals surface area contributed by atoms with E-state index >= 15 is 4.39 Å². The number of rotatable bonds is 4. The lowest BCUT2D eigenvalue weighted by Crippen LogP contribution is -2.38. The summed E-state index contributed by atoms with van der Waals surface area (Å²) in [5, 5.41) is 12.1. The van der Waals surface area contributed by atoms with E-state index < -0.39 is 18.0 Å². The average Bonchev–Trinajstić information content (AvgIpc) is 3.66. The molecule has 4 atom stereocenters. The summed E-state index contributed by atoms with van der Waals surface area (Å²) in [7, 11) is 1.51. The van der Waals surface area contributed by atoms with Gasteiger partial charge in [0.1, 0.15) is 11.6 Å². The molecule has 1 amide bonds. The summed E-state index contributed by atoms with van der Waals surface area (Å²) in [5.41, 5.74) is 7.70. The van der Waals surface area contributed by atoms with Crippen molar-refractivity contribution >= 4 is 40.6 Å². The number of hydrogen-bond donors (Lipinski definition) is 3. The van der Waals surface area contributed by atoms with Crippen LogP contribution in [0.3, 0.4) is 0 Å². The minimum atomic E-state index is -0.476. The number of nitrogens with zero attached hydrogens (tertiary/aromatic N) is 5. The molecule has 0 radical (unpaired) electrons. The maximum Gasteiger partial charge on any atom is 0.407 e. The zero-order valence-electron chi connectivity index (χ0n) is 22.8. The highest BCUT2D eigenvalue weighted by Crippen LogP contribution is 2.38. The quantitative estimate of drug-likeness (QED) is 0.420. The number of ether oxygens (including phenoxy) is 2. The zero-order chi connectivity index (χ0) is 28.6. The van der Waals surface area contributed by atoms with E-state index in [0.717, 1.165) is 44.6 Å². The van der Waals surface area contributed by atoms with Gasteiger partial charge in [-0.05, 0) is 51.7 Å². The number of halogens is 2. The van der Waals surface area contributed by atoms with E-state index in [9.17, 15) is 9.90 Å². The third kappa shape index (κ3) is 5.65. The van der Waals surface area contributed by atoms with Gasteiger partial charge in [-0.15, -0.1) is 0 Å². The molecule has 4 heterocycles. The van der Waals surface area contributed by atoms with Crippen molar-refractivity contribution in [3.05, 3.63) is 29.2 Å². The Bertz CT molecular complexity index is 1390. The first-order chi connectivity index (χ1) is 19.2. The molecular weight excluding hydrogens is 541 g/mol. The number of hydrogen-bond acceptors (Lipinski definition) is 9. The van der Waals surface area contributed by atoms with Gasteiger partial charge >= 0.3 is 6.09 Å². The molecule has 11 nitrogen and oxygen atoms in total. The third-order valence-corrected chi connectivity index (χ3v) is 7.85. The second-order valence-electron chi connectivity index (χ2n) is 10.7. The molecule has 3 fully saturated rings. The number of aromatic nitrogens is 4. The Balaban J connectivity index is 0.000000227. The number of nitrogens with two attached hydrogens (primary N) is 1. The van der Waals surface area contributed by atoms with Gasteiger partial charge in [-0.2, -0.15) is 0 Å². The first kappa shape index (κ1) is 28.3. The summed E-state index contributed by atoms with van der Waals surface area (Å²) in [6.45, 7) is 5.60. The average molecular weight is 576 g/mol. The molecule has 6 rings (SSSR count). The molecule has 1 saturated carbocycles. The van der Waals surface area contributed by atoms with Crippen molar-refractivity contribution < 1.29 is 23.8 Å². The summed E-state index contributed by atoms with van der Waals surface area (Å²) in [4.78, 5) is 25.8. The Morgan fingerprint density at radius 1 is 1.30 bits per heavy atom. The van der Waals surface area contributed by atoms with Crippen molar-refractivity contribution in [2.45, 2.75) is 76.3 Å². The second-order valence-corrected chi connectivity index (χ2v) is 11.1. The summed E-state index contributed by atoms with van der Waals surface area (Å²) >= 11 is 6.24. The largest absolute Gasteiger partial charge is 0.443 e. The number of carbonyl (C=O) groups is 1. The molecule has 216 valence electrons. The van der Waals surface area contributed by atoms with Crippen LogP contribution in [-0.4, -0.2) is 75.3 Å². The monoisotopic (exact) mass is 575 g/mol. The molecule has 1 aromatic carbocycles. The molecule has 3 aromatic rings. The number of benzene rings is 1. The smallest absolute Gasteiger partial charge is 0.407 e. The molecule has 2 aromatic heterocycles. The van der Waals surface area contributed by atoms with Gasteiger partial charge in [0.2, 0.25) is 11.9 Å².